The fourth-order valence-corrected chi connectivity index (χ4v) is 2.67. The van der Waals surface area contributed by atoms with Crippen LogP contribution in [0.15, 0.2) is 4.99 Å². The third kappa shape index (κ3) is 3.84. The number of alkyl halides is 1. The molecule has 2 aliphatic rings. The molecule has 0 aromatic carbocycles. The van der Waals surface area contributed by atoms with Gasteiger partial charge in [0.2, 0.25) is 0 Å². The Morgan fingerprint density at radius 3 is 2.90 bits per heavy atom. The zero-order valence-electron chi connectivity index (χ0n) is 12.7. The summed E-state index contributed by atoms with van der Waals surface area (Å²) in [4.78, 5) is 8.05. The van der Waals surface area contributed by atoms with Crippen LogP contribution >= 0.6 is 11.6 Å². The number of rotatable bonds is 6. The second kappa shape index (κ2) is 6.74. The van der Waals surface area contributed by atoms with Gasteiger partial charge in [-0.25, -0.2) is 4.99 Å². The van der Waals surface area contributed by atoms with Crippen molar-refractivity contribution in [3.05, 3.63) is 0 Å². The molecule has 9 heteroatoms. The van der Waals surface area contributed by atoms with Gasteiger partial charge in [-0.2, -0.15) is 5.01 Å². The quantitative estimate of drug-likeness (QED) is 0.246. The number of halogens is 1. The van der Waals surface area contributed by atoms with Gasteiger partial charge in [-0.05, 0) is 14.0 Å². The first-order valence-corrected chi connectivity index (χ1v) is 7.39. The lowest BCUT2D eigenvalue weighted by atomic mass is 9.95. The second-order valence-electron chi connectivity index (χ2n) is 5.89. The molecule has 0 bridgehead atoms. The summed E-state index contributed by atoms with van der Waals surface area (Å²) in [6.45, 7) is 4.16. The highest BCUT2D eigenvalue weighted by atomic mass is 35.5. The minimum Gasteiger partial charge on any atom is -0.380 e. The van der Waals surface area contributed by atoms with E-state index < -0.39 is 11.3 Å². The summed E-state index contributed by atoms with van der Waals surface area (Å²) < 4.78 is 5.05. The van der Waals surface area contributed by atoms with E-state index >= 15 is 0 Å². The van der Waals surface area contributed by atoms with Crippen LogP contribution < -0.4 is 11.2 Å². The van der Waals surface area contributed by atoms with Crippen LogP contribution in [0.5, 0.6) is 0 Å². The average molecular weight is 321 g/mol. The molecule has 0 amide bonds. The van der Waals surface area contributed by atoms with Crippen LogP contribution in [0.1, 0.15) is 6.92 Å². The van der Waals surface area contributed by atoms with Gasteiger partial charge in [0, 0.05) is 26.1 Å². The van der Waals surface area contributed by atoms with Gasteiger partial charge in [0.25, 0.3) is 0 Å². The molecule has 0 spiro atoms. The maximum absolute atomic E-state index is 10.3. The molecule has 2 heterocycles. The van der Waals surface area contributed by atoms with Gasteiger partial charge in [0.1, 0.15) is 5.72 Å². The molecule has 2 rings (SSSR count). The fraction of sp³-hybridized carbons (Fsp3) is 0.917. The van der Waals surface area contributed by atoms with Crippen LogP contribution in [-0.4, -0.2) is 84.3 Å². The highest BCUT2D eigenvalue weighted by Gasteiger charge is 2.39. The smallest absolute Gasteiger partial charge is 0.193 e. The normalized spacial score (nSPS) is 33.1. The molecular formula is C12H25ClN6O2. The fourth-order valence-electron chi connectivity index (χ4n) is 2.55. The molecule has 4 atom stereocenters. The monoisotopic (exact) mass is 320 g/mol. The van der Waals surface area contributed by atoms with Crippen molar-refractivity contribution < 1.29 is 9.84 Å². The summed E-state index contributed by atoms with van der Waals surface area (Å²) >= 11 is 5.91. The highest BCUT2D eigenvalue weighted by molar-refractivity contribution is 6.20. The van der Waals surface area contributed by atoms with E-state index in [1.807, 2.05) is 16.8 Å². The second-order valence-corrected chi connectivity index (χ2v) is 6.28. The molecule has 0 aromatic rings. The SMILES string of the molecule is COCC(C)(O)N(C)CC1CNC1N1C=N[C@H](Cl)N(N)C1. The van der Waals surface area contributed by atoms with Crippen LogP contribution in [0.4, 0.5) is 0 Å². The van der Waals surface area contributed by atoms with Gasteiger partial charge < -0.3 is 14.7 Å². The molecule has 122 valence electrons. The zero-order chi connectivity index (χ0) is 15.6. The Labute approximate surface area is 130 Å². The van der Waals surface area contributed by atoms with E-state index in [2.05, 4.69) is 10.3 Å². The van der Waals surface area contributed by atoms with Crippen LogP contribution in [0.25, 0.3) is 0 Å². The maximum Gasteiger partial charge on any atom is 0.193 e. The Morgan fingerprint density at radius 1 is 1.67 bits per heavy atom. The molecule has 0 aromatic heterocycles. The van der Waals surface area contributed by atoms with Crippen molar-refractivity contribution in [3.8, 4) is 0 Å². The molecule has 1 fully saturated rings. The van der Waals surface area contributed by atoms with Gasteiger partial charge in [0.15, 0.2) is 5.62 Å². The van der Waals surface area contributed by atoms with Crippen molar-refractivity contribution >= 4 is 17.9 Å². The number of likely N-dealkylation sites (N-methyl/N-ethyl adjacent to an activating group) is 1. The molecule has 0 saturated carbocycles. The minimum absolute atomic E-state index is 0.143. The lowest BCUT2D eigenvalue weighted by Crippen LogP contribution is -2.68. The first-order chi connectivity index (χ1) is 9.85. The van der Waals surface area contributed by atoms with Crippen molar-refractivity contribution in [1.29, 1.82) is 0 Å². The topological polar surface area (TPSA) is 89.6 Å². The summed E-state index contributed by atoms with van der Waals surface area (Å²) in [5.41, 5.74) is -1.49. The number of nitrogens with two attached hydrogens (primary N) is 1. The summed E-state index contributed by atoms with van der Waals surface area (Å²) in [6.07, 6.45) is 1.88. The summed E-state index contributed by atoms with van der Waals surface area (Å²) in [5, 5.41) is 15.2. The van der Waals surface area contributed by atoms with E-state index in [0.29, 0.717) is 12.6 Å². The molecule has 0 aliphatic carbocycles. The molecule has 21 heavy (non-hydrogen) atoms. The first-order valence-electron chi connectivity index (χ1n) is 6.95. The van der Waals surface area contributed by atoms with Crippen LogP contribution in [0.3, 0.4) is 0 Å². The Hall–Kier alpha value is -0.480. The minimum atomic E-state index is -0.980. The van der Waals surface area contributed by atoms with Crippen molar-refractivity contribution in [2.24, 2.45) is 16.8 Å². The molecule has 8 nitrogen and oxygen atoms in total. The lowest BCUT2D eigenvalue weighted by Gasteiger charge is -2.49. The van der Waals surface area contributed by atoms with Crippen LogP contribution in [-0.2, 0) is 4.74 Å². The third-order valence-corrected chi connectivity index (χ3v) is 4.44. The number of aliphatic hydroxyl groups is 1. The van der Waals surface area contributed by atoms with Crippen LogP contribution in [0, 0.1) is 5.92 Å². The Kier molecular flexibility index (Phi) is 5.42. The standard InChI is InChI=1S/C12H25ClN6O2/c1-12(20,6-21-3)17(2)5-9-4-15-10(9)18-7-16-11(13)19(14)8-18/h7,9-11,15,20H,4-6,8,14H2,1-3H3/t9?,10?,11-,12?/m0/s1. The van der Waals surface area contributed by atoms with Gasteiger partial charge >= 0.3 is 0 Å². The number of ether oxygens (including phenoxy) is 1. The first kappa shape index (κ1) is 16.9. The number of nitrogens with zero attached hydrogens (tertiary/aromatic N) is 4. The predicted octanol–water partition coefficient (Wildman–Crippen LogP) is -1.18. The molecule has 2 aliphatic heterocycles. The molecule has 4 N–H and O–H groups in total. The molecular weight excluding hydrogens is 296 g/mol. The van der Waals surface area contributed by atoms with Crippen molar-refractivity contribution in [2.45, 2.75) is 24.4 Å². The van der Waals surface area contributed by atoms with E-state index in [9.17, 15) is 5.11 Å². The van der Waals surface area contributed by atoms with Gasteiger partial charge in [-0.15, -0.1) is 0 Å². The van der Waals surface area contributed by atoms with Crippen molar-refractivity contribution in [2.75, 3.05) is 40.5 Å². The Balaban J connectivity index is 1.90. The van der Waals surface area contributed by atoms with Crippen LogP contribution in [0.2, 0.25) is 0 Å². The zero-order valence-corrected chi connectivity index (χ0v) is 13.5. The number of nitrogens with one attached hydrogen (secondary N) is 1. The summed E-state index contributed by atoms with van der Waals surface area (Å²) in [7, 11) is 3.47. The summed E-state index contributed by atoms with van der Waals surface area (Å²) in [6, 6.07) is 0. The van der Waals surface area contributed by atoms with E-state index in [1.165, 1.54) is 5.01 Å². The van der Waals surface area contributed by atoms with Crippen molar-refractivity contribution in [1.82, 2.24) is 20.1 Å². The summed E-state index contributed by atoms with van der Waals surface area (Å²) in [5.74, 6) is 6.16. The van der Waals surface area contributed by atoms with E-state index in [0.717, 1.165) is 13.1 Å². The predicted molar refractivity (Wildman–Crippen MR) is 81.3 cm³/mol. The van der Waals surface area contributed by atoms with Crippen molar-refractivity contribution in [3.63, 3.8) is 0 Å². The molecule has 3 unspecified atom stereocenters. The number of hydrogen-bond acceptors (Lipinski definition) is 8. The van der Waals surface area contributed by atoms with Gasteiger partial charge in [0.05, 0.1) is 25.8 Å². The molecule has 1 saturated heterocycles. The number of methoxy groups -OCH3 is 1. The number of hydrogen-bond donors (Lipinski definition) is 3. The van der Waals surface area contributed by atoms with E-state index in [4.69, 9.17) is 22.2 Å². The molecule has 0 radical (unpaired) electrons. The van der Waals surface area contributed by atoms with E-state index in [-0.39, 0.29) is 12.8 Å². The van der Waals surface area contributed by atoms with Gasteiger partial charge in [-0.1, -0.05) is 11.6 Å². The Bertz CT molecular complexity index is 383. The van der Waals surface area contributed by atoms with Gasteiger partial charge in [-0.3, -0.25) is 16.1 Å². The van der Waals surface area contributed by atoms with E-state index in [1.54, 1.807) is 20.4 Å². The third-order valence-electron chi connectivity index (χ3n) is 4.08. The highest BCUT2D eigenvalue weighted by Crippen LogP contribution is 2.22. The number of hydrazine groups is 1. The average Bonchev–Trinajstić information content (AvgIpc) is 2.38. The Morgan fingerprint density at radius 2 is 2.38 bits per heavy atom. The number of aliphatic imine (C=N–C) groups is 1. The largest absolute Gasteiger partial charge is 0.380 e. The maximum atomic E-state index is 10.3. The lowest BCUT2D eigenvalue weighted by molar-refractivity contribution is -0.133.